The number of nitrogens with zero attached hydrogens (tertiary/aromatic N) is 3. The number of benzene rings is 2. The van der Waals surface area contributed by atoms with Crippen molar-refractivity contribution in [3.05, 3.63) is 70.6 Å². The van der Waals surface area contributed by atoms with E-state index in [4.69, 9.17) is 33.3 Å². The van der Waals surface area contributed by atoms with Crippen molar-refractivity contribution in [1.29, 1.82) is 0 Å². The number of hydrogen-bond acceptors (Lipinski definition) is 4. The predicted octanol–water partition coefficient (Wildman–Crippen LogP) is 8.26. The quantitative estimate of drug-likeness (QED) is 0.248. The molecule has 0 fully saturated rings. The maximum atomic E-state index is 6.29. The van der Waals surface area contributed by atoms with Crippen molar-refractivity contribution in [2.24, 2.45) is 0 Å². The van der Waals surface area contributed by atoms with Gasteiger partial charge in [-0.05, 0) is 30.5 Å². The van der Waals surface area contributed by atoms with Crippen molar-refractivity contribution < 1.29 is 0 Å². The molecule has 0 radical (unpaired) electrons. The summed E-state index contributed by atoms with van der Waals surface area (Å²) in [4.78, 5) is 8.32. The minimum atomic E-state index is 0.422. The number of aryl methyl sites for hydroxylation is 1. The lowest BCUT2D eigenvalue weighted by molar-refractivity contribution is 0.853. The summed E-state index contributed by atoms with van der Waals surface area (Å²) in [5.41, 5.74) is 6.14. The highest BCUT2D eigenvalue weighted by Gasteiger charge is 2.19. The third kappa shape index (κ3) is 3.97. The molecule has 0 atom stereocenters. The summed E-state index contributed by atoms with van der Waals surface area (Å²) in [5.74, 6) is 0. The van der Waals surface area contributed by atoms with E-state index in [-0.39, 0.29) is 0 Å². The average molecular weight is 499 g/mol. The monoisotopic (exact) mass is 498 g/mol. The Bertz CT molecular complexity index is 1430. The van der Waals surface area contributed by atoms with Crippen LogP contribution in [-0.2, 0) is 0 Å². The zero-order valence-corrected chi connectivity index (χ0v) is 20.8. The summed E-state index contributed by atoms with van der Waals surface area (Å²) >= 11 is 15.9. The third-order valence-electron chi connectivity index (χ3n) is 5.09. The molecule has 0 bridgehead atoms. The molecule has 8 heteroatoms. The van der Waals surface area contributed by atoms with Gasteiger partial charge in [-0.3, -0.25) is 0 Å². The van der Waals surface area contributed by atoms with Crippen molar-refractivity contribution in [2.45, 2.75) is 30.2 Å². The molecule has 0 unspecified atom stereocenters. The first-order valence-corrected chi connectivity index (χ1v) is 12.6. The Morgan fingerprint density at radius 2 is 1.91 bits per heavy atom. The molecule has 0 aliphatic rings. The Hall–Kier alpha value is -2.25. The van der Waals surface area contributed by atoms with Crippen LogP contribution in [0.4, 0.5) is 0 Å². The second-order valence-electron chi connectivity index (χ2n) is 7.75. The summed E-state index contributed by atoms with van der Waals surface area (Å²) in [6.45, 7) is 6.39. The van der Waals surface area contributed by atoms with Crippen LogP contribution in [0.1, 0.15) is 19.5 Å². The largest absolute Gasteiger partial charge is 0.361 e. The van der Waals surface area contributed by atoms with Gasteiger partial charge in [-0.1, -0.05) is 72.7 Å². The van der Waals surface area contributed by atoms with Crippen LogP contribution in [0.2, 0.25) is 10.0 Å². The fourth-order valence-electron chi connectivity index (χ4n) is 3.64. The van der Waals surface area contributed by atoms with Gasteiger partial charge in [0.05, 0.1) is 31.2 Å². The summed E-state index contributed by atoms with van der Waals surface area (Å²) in [5, 5.41) is 8.29. The van der Waals surface area contributed by atoms with Crippen molar-refractivity contribution in [1.82, 2.24) is 19.7 Å². The Kier molecular flexibility index (Phi) is 5.80. The maximum absolute atomic E-state index is 6.29. The molecule has 0 spiro atoms. The van der Waals surface area contributed by atoms with Crippen LogP contribution in [0.25, 0.3) is 38.4 Å². The van der Waals surface area contributed by atoms with E-state index >= 15 is 0 Å². The highest BCUT2D eigenvalue weighted by atomic mass is 35.5. The van der Waals surface area contributed by atoms with Crippen LogP contribution in [0, 0.1) is 6.92 Å². The van der Waals surface area contributed by atoms with E-state index in [2.05, 4.69) is 49.3 Å². The van der Waals surface area contributed by atoms with Gasteiger partial charge in [0.15, 0.2) is 0 Å². The minimum Gasteiger partial charge on any atom is -0.361 e. The predicted molar refractivity (Wildman–Crippen MR) is 138 cm³/mol. The van der Waals surface area contributed by atoms with Crippen LogP contribution >= 0.6 is 46.3 Å². The number of thiazole rings is 1. The molecule has 0 amide bonds. The summed E-state index contributed by atoms with van der Waals surface area (Å²) < 4.78 is 3.01. The van der Waals surface area contributed by atoms with Crippen molar-refractivity contribution >= 4 is 57.2 Å². The Balaban J connectivity index is 1.61. The number of para-hydroxylation sites is 1. The molecular formula is C24H20Cl2N4S2. The SMILES string of the molecule is Cc1nn(-c2nc(-c3ccc(Cl)c(Cl)c3)c(SC(C)C)s2)cc1-c1cccc2cc[nH]c12. The minimum absolute atomic E-state index is 0.422. The molecule has 5 aromatic rings. The smallest absolute Gasteiger partial charge is 0.211 e. The first-order chi connectivity index (χ1) is 15.4. The van der Waals surface area contributed by atoms with Gasteiger partial charge in [-0.25, -0.2) is 9.67 Å². The molecule has 1 N–H and O–H groups in total. The summed E-state index contributed by atoms with van der Waals surface area (Å²) in [6.07, 6.45) is 4.03. The molecule has 2 aromatic carbocycles. The van der Waals surface area contributed by atoms with Crippen LogP contribution in [0.5, 0.6) is 0 Å². The molecular weight excluding hydrogens is 479 g/mol. The number of rotatable bonds is 5. The number of nitrogens with one attached hydrogen (secondary N) is 1. The van der Waals surface area contributed by atoms with E-state index in [9.17, 15) is 0 Å². The molecule has 162 valence electrons. The van der Waals surface area contributed by atoms with E-state index in [0.29, 0.717) is 15.3 Å². The lowest BCUT2D eigenvalue weighted by Crippen LogP contribution is -1.94. The van der Waals surface area contributed by atoms with Crippen LogP contribution in [0.15, 0.2) is 59.1 Å². The normalized spacial score (nSPS) is 11.7. The molecule has 4 nitrogen and oxygen atoms in total. The van der Waals surface area contributed by atoms with Crippen LogP contribution < -0.4 is 0 Å². The standard InChI is InChI=1S/C24H20Cl2N4S2/c1-13(2)31-23-22(16-7-8-19(25)20(26)11-16)28-24(32-23)30-12-18(14(3)29-30)17-6-4-5-15-9-10-27-21(15)17/h4-13,27H,1-3H3. The van der Waals surface area contributed by atoms with Gasteiger partial charge in [0, 0.05) is 34.3 Å². The molecule has 3 heterocycles. The van der Waals surface area contributed by atoms with E-state index < -0.39 is 0 Å². The lowest BCUT2D eigenvalue weighted by Gasteiger charge is -2.05. The Morgan fingerprint density at radius 1 is 1.06 bits per heavy atom. The van der Waals surface area contributed by atoms with Gasteiger partial charge in [0.1, 0.15) is 0 Å². The van der Waals surface area contributed by atoms with E-state index in [1.165, 1.54) is 5.39 Å². The van der Waals surface area contributed by atoms with E-state index in [1.807, 2.05) is 36.0 Å². The highest BCUT2D eigenvalue weighted by molar-refractivity contribution is 8.01. The average Bonchev–Trinajstić information content (AvgIpc) is 3.47. The molecule has 0 aliphatic carbocycles. The lowest BCUT2D eigenvalue weighted by atomic mass is 10.0. The number of halogens is 2. The number of H-pyrrole nitrogens is 1. The summed E-state index contributed by atoms with van der Waals surface area (Å²) in [7, 11) is 0. The molecule has 0 saturated heterocycles. The third-order valence-corrected chi connectivity index (χ3v) is 8.09. The number of hydrogen-bond donors (Lipinski definition) is 1. The van der Waals surface area contributed by atoms with Gasteiger partial charge >= 0.3 is 0 Å². The number of thioether (sulfide) groups is 1. The van der Waals surface area contributed by atoms with Crippen LogP contribution in [-0.4, -0.2) is 25.0 Å². The molecule has 5 rings (SSSR count). The Morgan fingerprint density at radius 3 is 2.69 bits per heavy atom. The molecule has 0 saturated carbocycles. The fourth-order valence-corrected chi connectivity index (χ4v) is 6.39. The van der Waals surface area contributed by atoms with Crippen molar-refractivity contribution in [3.63, 3.8) is 0 Å². The molecule has 3 aromatic heterocycles. The van der Waals surface area contributed by atoms with Crippen LogP contribution in [0.3, 0.4) is 0 Å². The van der Waals surface area contributed by atoms with E-state index in [0.717, 1.165) is 42.9 Å². The first-order valence-electron chi connectivity index (χ1n) is 10.2. The van der Waals surface area contributed by atoms with Crippen molar-refractivity contribution in [2.75, 3.05) is 0 Å². The molecule has 32 heavy (non-hydrogen) atoms. The number of aromatic nitrogens is 4. The second kappa shape index (κ2) is 8.60. The highest BCUT2D eigenvalue weighted by Crippen LogP contribution is 2.41. The maximum Gasteiger partial charge on any atom is 0.211 e. The van der Waals surface area contributed by atoms with Gasteiger partial charge < -0.3 is 4.98 Å². The molecule has 0 aliphatic heterocycles. The summed E-state index contributed by atoms with van der Waals surface area (Å²) in [6, 6.07) is 14.0. The van der Waals surface area contributed by atoms with E-state index in [1.54, 1.807) is 23.1 Å². The van der Waals surface area contributed by atoms with Gasteiger partial charge in [0.2, 0.25) is 5.13 Å². The van der Waals surface area contributed by atoms with Gasteiger partial charge in [0.25, 0.3) is 0 Å². The Labute approximate surface area is 204 Å². The van der Waals surface area contributed by atoms with Gasteiger partial charge in [-0.15, -0.1) is 11.8 Å². The zero-order valence-electron chi connectivity index (χ0n) is 17.7. The second-order valence-corrected chi connectivity index (χ2v) is 11.4. The number of fused-ring (bicyclic) bond motifs is 1. The zero-order chi connectivity index (χ0) is 22.4. The first kappa shape index (κ1) is 21.6. The van der Waals surface area contributed by atoms with Gasteiger partial charge in [-0.2, -0.15) is 5.10 Å². The topological polar surface area (TPSA) is 46.5 Å². The van der Waals surface area contributed by atoms with Crippen molar-refractivity contribution in [3.8, 4) is 27.5 Å². The number of aromatic amines is 1. The fraction of sp³-hybridized carbons (Fsp3) is 0.167.